The molecule has 0 saturated carbocycles. The molecule has 2 aromatic carbocycles. The van der Waals surface area contributed by atoms with E-state index in [0.717, 1.165) is 23.5 Å². The number of allylic oxidation sites excluding steroid dienone is 1. The smallest absolute Gasteiger partial charge is 0.270 e. The summed E-state index contributed by atoms with van der Waals surface area (Å²) in [6, 6.07) is 17.3. The normalized spacial score (nSPS) is 19.3. The molecule has 2 aliphatic rings. The molecule has 7 nitrogen and oxygen atoms in total. The zero-order valence-electron chi connectivity index (χ0n) is 17.8. The number of anilines is 2. The molecule has 1 unspecified atom stereocenters. The lowest BCUT2D eigenvalue weighted by Gasteiger charge is -2.33. The van der Waals surface area contributed by atoms with Crippen molar-refractivity contribution < 1.29 is 14.1 Å². The number of fused-ring (bicyclic) bond motifs is 1. The third-order valence-electron chi connectivity index (χ3n) is 5.97. The number of ketones is 1. The summed E-state index contributed by atoms with van der Waals surface area (Å²) in [5.41, 5.74) is 3.86. The number of furan rings is 1. The number of non-ortho nitro benzene ring substituents is 1. The Morgan fingerprint density at radius 3 is 2.59 bits per heavy atom. The van der Waals surface area contributed by atoms with Gasteiger partial charge in [0.2, 0.25) is 0 Å². The zero-order valence-corrected chi connectivity index (χ0v) is 17.8. The number of Topliss-reactive ketones (excluding diaryl/α,β-unsaturated/α-hetero) is 1. The second kappa shape index (κ2) is 7.37. The van der Waals surface area contributed by atoms with E-state index in [9.17, 15) is 14.9 Å². The lowest BCUT2D eigenvalue weighted by Crippen LogP contribution is -2.31. The molecular formula is C25H23N3O4. The van der Waals surface area contributed by atoms with Gasteiger partial charge < -0.3 is 15.1 Å². The third kappa shape index (κ3) is 3.56. The number of nitro groups is 1. The van der Waals surface area contributed by atoms with Crippen LogP contribution < -0.4 is 10.6 Å². The molecule has 1 atom stereocenters. The maximum Gasteiger partial charge on any atom is 0.270 e. The molecule has 162 valence electrons. The largest absolute Gasteiger partial charge is 0.459 e. The highest BCUT2D eigenvalue weighted by Gasteiger charge is 2.39. The van der Waals surface area contributed by atoms with Gasteiger partial charge in [-0.3, -0.25) is 14.9 Å². The zero-order chi connectivity index (χ0) is 22.5. The van der Waals surface area contributed by atoms with Crippen LogP contribution >= 0.6 is 0 Å². The van der Waals surface area contributed by atoms with Crippen LogP contribution in [0.3, 0.4) is 0 Å². The van der Waals surface area contributed by atoms with E-state index < -0.39 is 11.0 Å². The summed E-state index contributed by atoms with van der Waals surface area (Å²) in [6.45, 7) is 4.20. The Bertz CT molecular complexity index is 1270. The number of hydrogen-bond acceptors (Lipinski definition) is 6. The van der Waals surface area contributed by atoms with Crippen LogP contribution in [0, 0.1) is 15.5 Å². The predicted octanol–water partition coefficient (Wildman–Crippen LogP) is 6.08. The minimum atomic E-state index is -0.461. The van der Waals surface area contributed by atoms with Gasteiger partial charge in [0.1, 0.15) is 17.6 Å². The Morgan fingerprint density at radius 2 is 1.81 bits per heavy atom. The molecule has 0 fully saturated rings. The van der Waals surface area contributed by atoms with Crippen molar-refractivity contribution in [2.24, 2.45) is 5.41 Å². The molecule has 1 aliphatic heterocycles. The van der Waals surface area contributed by atoms with Gasteiger partial charge in [-0.25, -0.2) is 0 Å². The van der Waals surface area contributed by atoms with Crippen LogP contribution in [0.2, 0.25) is 0 Å². The van der Waals surface area contributed by atoms with E-state index >= 15 is 0 Å². The number of carbonyl (C=O) groups is 1. The summed E-state index contributed by atoms with van der Waals surface area (Å²) in [5.74, 6) is 1.19. The summed E-state index contributed by atoms with van der Waals surface area (Å²) in [4.78, 5) is 24.0. The fraction of sp³-hybridized carbons (Fsp3) is 0.240. The number of nitro benzene ring substituents is 1. The minimum absolute atomic E-state index is 0.000790. The second-order valence-corrected chi connectivity index (χ2v) is 9.09. The number of nitrogens with one attached hydrogen (secondary N) is 2. The fourth-order valence-corrected chi connectivity index (χ4v) is 4.54. The van der Waals surface area contributed by atoms with Gasteiger partial charge in [0.15, 0.2) is 5.78 Å². The summed E-state index contributed by atoms with van der Waals surface area (Å²) >= 11 is 0. The van der Waals surface area contributed by atoms with Gasteiger partial charge in [-0.15, -0.1) is 0 Å². The van der Waals surface area contributed by atoms with Crippen molar-refractivity contribution in [1.29, 1.82) is 0 Å². The quantitative estimate of drug-likeness (QED) is 0.387. The molecule has 1 aromatic heterocycles. The molecule has 0 bridgehead atoms. The maximum atomic E-state index is 13.3. The molecule has 5 rings (SSSR count). The highest BCUT2D eigenvalue weighted by molar-refractivity contribution is 6.01. The standard InChI is InChI=1S/C25H23N3O4/c1-25(2)13-19-23(20(29)14-25)24(27-18-9-4-3-8-17(18)26-19)22-11-10-21(32-22)15-6-5-7-16(12-15)28(30)31/h3-12,24,26-27H,13-14H2,1-2H3. The maximum absolute atomic E-state index is 13.3. The Balaban J connectivity index is 1.60. The molecular weight excluding hydrogens is 406 g/mol. The first-order chi connectivity index (χ1) is 15.3. The van der Waals surface area contributed by atoms with Gasteiger partial charge in [-0.1, -0.05) is 38.1 Å². The average Bonchev–Trinajstić information content (AvgIpc) is 3.17. The summed E-state index contributed by atoms with van der Waals surface area (Å²) in [6.07, 6.45) is 1.21. The molecule has 1 aliphatic carbocycles. The minimum Gasteiger partial charge on any atom is -0.459 e. The van der Waals surface area contributed by atoms with E-state index in [1.807, 2.05) is 30.3 Å². The summed E-state index contributed by atoms with van der Waals surface area (Å²) < 4.78 is 6.16. The van der Waals surface area contributed by atoms with Crippen molar-refractivity contribution in [2.75, 3.05) is 10.6 Å². The van der Waals surface area contributed by atoms with Crippen molar-refractivity contribution in [3.8, 4) is 11.3 Å². The van der Waals surface area contributed by atoms with E-state index in [1.54, 1.807) is 18.2 Å². The van der Waals surface area contributed by atoms with Gasteiger partial charge >= 0.3 is 0 Å². The van der Waals surface area contributed by atoms with E-state index in [4.69, 9.17) is 4.42 Å². The highest BCUT2D eigenvalue weighted by Crippen LogP contribution is 2.46. The number of benzene rings is 2. The average molecular weight is 429 g/mol. The monoisotopic (exact) mass is 429 g/mol. The number of rotatable bonds is 3. The van der Waals surface area contributed by atoms with Crippen LogP contribution in [-0.4, -0.2) is 10.7 Å². The van der Waals surface area contributed by atoms with Crippen molar-refractivity contribution in [3.63, 3.8) is 0 Å². The van der Waals surface area contributed by atoms with Crippen molar-refractivity contribution in [2.45, 2.75) is 32.7 Å². The van der Waals surface area contributed by atoms with Crippen molar-refractivity contribution >= 4 is 22.8 Å². The lowest BCUT2D eigenvalue weighted by atomic mass is 9.74. The highest BCUT2D eigenvalue weighted by atomic mass is 16.6. The van der Waals surface area contributed by atoms with Crippen LogP contribution in [0.1, 0.15) is 38.5 Å². The Labute approximate surface area is 185 Å². The topological polar surface area (TPSA) is 97.4 Å². The lowest BCUT2D eigenvalue weighted by molar-refractivity contribution is -0.384. The van der Waals surface area contributed by atoms with Crippen LogP contribution in [0.5, 0.6) is 0 Å². The molecule has 7 heteroatoms. The Hall–Kier alpha value is -3.87. The van der Waals surface area contributed by atoms with Crippen LogP contribution in [0.15, 0.2) is 76.4 Å². The van der Waals surface area contributed by atoms with Gasteiger partial charge in [-0.05, 0) is 36.1 Å². The number of para-hydroxylation sites is 2. The van der Waals surface area contributed by atoms with E-state index in [2.05, 4.69) is 24.5 Å². The Kier molecular flexibility index (Phi) is 4.62. The number of hydrogen-bond donors (Lipinski definition) is 2. The van der Waals surface area contributed by atoms with E-state index in [0.29, 0.717) is 29.1 Å². The number of carbonyl (C=O) groups excluding carboxylic acids is 1. The molecule has 32 heavy (non-hydrogen) atoms. The van der Waals surface area contributed by atoms with Crippen LogP contribution in [0.25, 0.3) is 11.3 Å². The van der Waals surface area contributed by atoms with Gasteiger partial charge in [0.25, 0.3) is 5.69 Å². The van der Waals surface area contributed by atoms with Crippen molar-refractivity contribution in [1.82, 2.24) is 0 Å². The SMILES string of the molecule is CC1(C)CC(=O)C2=C(C1)Nc1ccccc1NC2c1ccc(-c2cccc([N+](=O)[O-])c2)o1. The number of nitrogens with zero attached hydrogens (tertiary/aromatic N) is 1. The molecule has 0 amide bonds. The van der Waals surface area contributed by atoms with Crippen molar-refractivity contribution in [3.05, 3.63) is 87.8 Å². The van der Waals surface area contributed by atoms with Crippen LogP contribution in [-0.2, 0) is 4.79 Å². The van der Waals surface area contributed by atoms with Gasteiger partial charge in [-0.2, -0.15) is 0 Å². The predicted molar refractivity (Wildman–Crippen MR) is 122 cm³/mol. The molecule has 0 spiro atoms. The molecule has 2 N–H and O–H groups in total. The first-order valence-corrected chi connectivity index (χ1v) is 10.5. The van der Waals surface area contributed by atoms with Gasteiger partial charge in [0.05, 0.1) is 16.3 Å². The molecule has 0 radical (unpaired) electrons. The first kappa shape index (κ1) is 20.1. The molecule has 3 aromatic rings. The third-order valence-corrected chi connectivity index (χ3v) is 5.97. The summed E-state index contributed by atoms with van der Waals surface area (Å²) in [7, 11) is 0. The molecule has 0 saturated heterocycles. The van der Waals surface area contributed by atoms with E-state index in [1.165, 1.54) is 12.1 Å². The van der Waals surface area contributed by atoms with E-state index in [-0.39, 0.29) is 16.9 Å². The van der Waals surface area contributed by atoms with Gasteiger partial charge in [0, 0.05) is 35.4 Å². The Morgan fingerprint density at radius 1 is 1.03 bits per heavy atom. The molecule has 2 heterocycles. The summed E-state index contributed by atoms with van der Waals surface area (Å²) in [5, 5.41) is 18.1. The fourth-order valence-electron chi connectivity index (χ4n) is 4.54. The first-order valence-electron chi connectivity index (χ1n) is 10.5. The second-order valence-electron chi connectivity index (χ2n) is 9.09. The van der Waals surface area contributed by atoms with Crippen LogP contribution in [0.4, 0.5) is 17.1 Å².